The molecule has 0 aromatic carbocycles. The molecular weight excluding hydrogens is 262 g/mol. The maximum Gasteiger partial charge on any atom is 0.191 e. The van der Waals surface area contributed by atoms with Crippen molar-refractivity contribution in [3.8, 4) is 0 Å². The highest BCUT2D eigenvalue weighted by Crippen LogP contribution is 2.32. The molecule has 0 radical (unpaired) electrons. The number of pyridine rings is 3. The van der Waals surface area contributed by atoms with Crippen LogP contribution in [0, 0.1) is 6.92 Å². The van der Waals surface area contributed by atoms with E-state index in [1.54, 1.807) is 36.8 Å². The van der Waals surface area contributed by atoms with Gasteiger partial charge in [0.15, 0.2) is 5.60 Å². The third-order valence-electron chi connectivity index (χ3n) is 3.35. The van der Waals surface area contributed by atoms with E-state index in [4.69, 9.17) is 0 Å². The molecule has 0 spiro atoms. The van der Waals surface area contributed by atoms with Crippen LogP contribution in [-0.2, 0) is 5.60 Å². The minimum absolute atomic E-state index is 0.500. The van der Waals surface area contributed by atoms with Gasteiger partial charge in [-0.25, -0.2) is 0 Å². The lowest BCUT2D eigenvalue weighted by Crippen LogP contribution is -2.32. The van der Waals surface area contributed by atoms with Crippen LogP contribution >= 0.6 is 0 Å². The summed E-state index contributed by atoms with van der Waals surface area (Å²) in [6.07, 6.45) is 5.03. The Morgan fingerprint density at radius 2 is 1.33 bits per heavy atom. The van der Waals surface area contributed by atoms with Gasteiger partial charge in [-0.2, -0.15) is 0 Å². The van der Waals surface area contributed by atoms with Gasteiger partial charge < -0.3 is 5.11 Å². The Morgan fingerprint density at radius 3 is 1.76 bits per heavy atom. The van der Waals surface area contributed by atoms with E-state index < -0.39 is 5.60 Å². The zero-order chi connectivity index (χ0) is 14.7. The van der Waals surface area contributed by atoms with Crippen LogP contribution in [0.25, 0.3) is 0 Å². The molecule has 0 saturated heterocycles. The lowest BCUT2D eigenvalue weighted by atomic mass is 9.89. The van der Waals surface area contributed by atoms with Gasteiger partial charge >= 0.3 is 0 Å². The van der Waals surface area contributed by atoms with Gasteiger partial charge in [-0.05, 0) is 42.8 Å². The van der Waals surface area contributed by atoms with Gasteiger partial charge in [0, 0.05) is 18.6 Å². The molecule has 3 heterocycles. The van der Waals surface area contributed by atoms with Gasteiger partial charge in [0.25, 0.3) is 0 Å². The smallest absolute Gasteiger partial charge is 0.191 e. The maximum atomic E-state index is 11.3. The van der Waals surface area contributed by atoms with Crippen molar-refractivity contribution in [1.29, 1.82) is 0 Å². The van der Waals surface area contributed by atoms with E-state index in [9.17, 15) is 5.11 Å². The number of aromatic nitrogens is 3. The Bertz CT molecular complexity index is 673. The molecule has 0 atom stereocenters. The van der Waals surface area contributed by atoms with Crippen LogP contribution < -0.4 is 0 Å². The summed E-state index contributed by atoms with van der Waals surface area (Å²) < 4.78 is 0. The van der Waals surface area contributed by atoms with Gasteiger partial charge in [0.2, 0.25) is 0 Å². The first kappa shape index (κ1) is 13.4. The minimum Gasteiger partial charge on any atom is -0.372 e. The number of aliphatic hydroxyl groups is 1. The third-order valence-corrected chi connectivity index (χ3v) is 3.35. The summed E-state index contributed by atoms with van der Waals surface area (Å²) in [7, 11) is 0. The van der Waals surface area contributed by atoms with Gasteiger partial charge in [0.1, 0.15) is 0 Å². The van der Waals surface area contributed by atoms with Crippen LogP contribution in [0.15, 0.2) is 67.1 Å². The molecule has 0 unspecified atom stereocenters. The number of hydrogen-bond acceptors (Lipinski definition) is 4. The lowest BCUT2D eigenvalue weighted by Gasteiger charge is -2.26. The summed E-state index contributed by atoms with van der Waals surface area (Å²) in [6, 6.07) is 14.6. The summed E-state index contributed by atoms with van der Waals surface area (Å²) in [6.45, 7) is 1.96. The normalized spacial score (nSPS) is 11.3. The second kappa shape index (κ2) is 5.42. The highest BCUT2D eigenvalue weighted by molar-refractivity contribution is 5.38. The third kappa shape index (κ3) is 2.41. The second-order valence-electron chi connectivity index (χ2n) is 4.86. The van der Waals surface area contributed by atoms with E-state index >= 15 is 0 Å². The Kier molecular flexibility index (Phi) is 3.46. The van der Waals surface area contributed by atoms with Crippen LogP contribution in [0.4, 0.5) is 0 Å². The van der Waals surface area contributed by atoms with Crippen molar-refractivity contribution >= 4 is 0 Å². The molecule has 1 N–H and O–H groups in total. The van der Waals surface area contributed by atoms with Crippen LogP contribution in [0.3, 0.4) is 0 Å². The predicted molar refractivity (Wildman–Crippen MR) is 79.5 cm³/mol. The van der Waals surface area contributed by atoms with Crippen LogP contribution in [0.5, 0.6) is 0 Å². The molecule has 0 aliphatic heterocycles. The van der Waals surface area contributed by atoms with Crippen molar-refractivity contribution in [2.24, 2.45) is 0 Å². The van der Waals surface area contributed by atoms with E-state index in [0.29, 0.717) is 17.1 Å². The summed E-state index contributed by atoms with van der Waals surface area (Å²) in [5.74, 6) is 0. The van der Waals surface area contributed by atoms with Crippen molar-refractivity contribution in [3.63, 3.8) is 0 Å². The fraction of sp³-hybridized carbons (Fsp3) is 0.118. The average molecular weight is 277 g/mol. The molecule has 0 fully saturated rings. The molecule has 4 nitrogen and oxygen atoms in total. The summed E-state index contributed by atoms with van der Waals surface area (Å²) in [5, 5.41) is 11.3. The molecule has 3 aromatic rings. The van der Waals surface area contributed by atoms with Crippen LogP contribution in [-0.4, -0.2) is 20.1 Å². The van der Waals surface area contributed by atoms with E-state index in [1.165, 1.54) is 0 Å². The zero-order valence-electron chi connectivity index (χ0n) is 11.6. The Balaban J connectivity index is 2.23. The Morgan fingerprint density at radius 1 is 0.762 bits per heavy atom. The maximum absolute atomic E-state index is 11.3. The van der Waals surface area contributed by atoms with E-state index in [0.717, 1.165) is 5.56 Å². The Hall–Kier alpha value is -2.59. The standard InChI is InChI=1S/C17H15N3O/c1-13-8-9-16(20-12-13)17(21,14-6-2-4-10-18-14)15-7-3-5-11-19-15/h2-12,21H,1H3. The SMILES string of the molecule is Cc1ccc(C(O)(c2ccccn2)c2ccccn2)nc1. The molecule has 0 aliphatic carbocycles. The van der Waals surface area contributed by atoms with Gasteiger partial charge in [-0.15, -0.1) is 0 Å². The molecule has 21 heavy (non-hydrogen) atoms. The molecular formula is C17H15N3O. The van der Waals surface area contributed by atoms with Crippen molar-refractivity contribution in [1.82, 2.24) is 15.0 Å². The first-order valence-corrected chi connectivity index (χ1v) is 6.70. The monoisotopic (exact) mass is 277 g/mol. The highest BCUT2D eigenvalue weighted by atomic mass is 16.3. The van der Waals surface area contributed by atoms with Gasteiger partial charge in [-0.1, -0.05) is 18.2 Å². The fourth-order valence-electron chi connectivity index (χ4n) is 2.23. The van der Waals surface area contributed by atoms with Gasteiger partial charge in [0.05, 0.1) is 17.1 Å². The predicted octanol–water partition coefficient (Wildman–Crippen LogP) is 2.46. The number of hydrogen-bond donors (Lipinski definition) is 1. The topological polar surface area (TPSA) is 58.9 Å². The summed E-state index contributed by atoms with van der Waals surface area (Å²) in [5.41, 5.74) is 1.07. The van der Waals surface area contributed by atoms with E-state index in [2.05, 4.69) is 15.0 Å². The van der Waals surface area contributed by atoms with E-state index in [1.807, 2.05) is 37.3 Å². The van der Waals surface area contributed by atoms with Crippen molar-refractivity contribution in [2.45, 2.75) is 12.5 Å². The van der Waals surface area contributed by atoms with Crippen molar-refractivity contribution in [2.75, 3.05) is 0 Å². The molecule has 3 rings (SSSR count). The minimum atomic E-state index is -1.46. The highest BCUT2D eigenvalue weighted by Gasteiger charge is 2.37. The van der Waals surface area contributed by atoms with E-state index in [-0.39, 0.29) is 0 Å². The summed E-state index contributed by atoms with van der Waals surface area (Å²) in [4.78, 5) is 13.0. The average Bonchev–Trinajstić information content (AvgIpc) is 2.56. The largest absolute Gasteiger partial charge is 0.372 e. The first-order valence-electron chi connectivity index (χ1n) is 6.70. The summed E-state index contributed by atoms with van der Waals surface area (Å²) >= 11 is 0. The molecule has 0 saturated carbocycles. The molecule has 104 valence electrons. The Labute approximate surface area is 123 Å². The molecule has 3 aromatic heterocycles. The number of rotatable bonds is 3. The molecule has 0 bridgehead atoms. The van der Waals surface area contributed by atoms with Crippen molar-refractivity contribution in [3.05, 3.63) is 89.8 Å². The zero-order valence-corrected chi connectivity index (χ0v) is 11.6. The second-order valence-corrected chi connectivity index (χ2v) is 4.86. The number of nitrogens with zero attached hydrogens (tertiary/aromatic N) is 3. The van der Waals surface area contributed by atoms with Gasteiger partial charge in [-0.3, -0.25) is 15.0 Å². The molecule has 0 aliphatic rings. The number of aryl methyl sites for hydroxylation is 1. The molecule has 4 heteroatoms. The van der Waals surface area contributed by atoms with Crippen LogP contribution in [0.1, 0.15) is 22.6 Å². The first-order chi connectivity index (χ1) is 10.2. The fourth-order valence-corrected chi connectivity index (χ4v) is 2.23. The van der Waals surface area contributed by atoms with Crippen LogP contribution in [0.2, 0.25) is 0 Å². The van der Waals surface area contributed by atoms with Crippen molar-refractivity contribution < 1.29 is 5.11 Å². The lowest BCUT2D eigenvalue weighted by molar-refractivity contribution is 0.111. The quantitative estimate of drug-likeness (QED) is 0.799. The molecule has 0 amide bonds.